The van der Waals surface area contributed by atoms with Crippen molar-refractivity contribution in [3.63, 3.8) is 0 Å². The molecule has 1 aromatic rings. The Labute approximate surface area is 161 Å². The lowest BCUT2D eigenvalue weighted by Gasteiger charge is -2.28. The third kappa shape index (κ3) is 8.39. The summed E-state index contributed by atoms with van der Waals surface area (Å²) in [5, 5.41) is 20.4. The Balaban J connectivity index is 2.92. The minimum Gasteiger partial charge on any atom is -0.481 e. The lowest BCUT2D eigenvalue weighted by Crippen LogP contribution is -2.31. The first-order valence-electron chi connectivity index (χ1n) is 9.45. The normalized spacial score (nSPS) is 12.4. The standard InChI is InChI=1S/C20H32N2O5/c1-14(2)12-21(13-15(3)4)18-7-6-17(11-19(18)22(25)26)8-9-27-16(5)10-20(23)24/h6-7,11,14-16H,8-10,12-13H2,1-5H3,(H,23,24). The van der Waals surface area contributed by atoms with Crippen LogP contribution < -0.4 is 4.90 Å². The molecular weight excluding hydrogens is 348 g/mol. The third-order valence-electron chi connectivity index (χ3n) is 4.00. The number of carboxylic acid groups (broad SMARTS) is 1. The summed E-state index contributed by atoms with van der Waals surface area (Å²) in [7, 11) is 0. The molecule has 27 heavy (non-hydrogen) atoms. The van der Waals surface area contributed by atoms with Crippen LogP contribution in [0.4, 0.5) is 11.4 Å². The average molecular weight is 380 g/mol. The number of hydrogen-bond donors (Lipinski definition) is 1. The number of carbonyl (C=O) groups is 1. The Morgan fingerprint density at radius 2 is 1.78 bits per heavy atom. The van der Waals surface area contributed by atoms with Crippen LogP contribution >= 0.6 is 0 Å². The highest BCUT2D eigenvalue weighted by Crippen LogP contribution is 2.31. The SMILES string of the molecule is CC(C)CN(CC(C)C)c1ccc(CCOC(C)CC(=O)O)cc1[N+](=O)[O-]. The van der Waals surface area contributed by atoms with Gasteiger partial charge in [-0.15, -0.1) is 0 Å². The van der Waals surface area contributed by atoms with E-state index in [9.17, 15) is 14.9 Å². The van der Waals surface area contributed by atoms with Gasteiger partial charge in [0.05, 0.1) is 24.1 Å². The lowest BCUT2D eigenvalue weighted by atomic mass is 10.1. The highest BCUT2D eigenvalue weighted by molar-refractivity contribution is 5.67. The maximum Gasteiger partial charge on any atom is 0.305 e. The Morgan fingerprint density at radius 1 is 1.19 bits per heavy atom. The van der Waals surface area contributed by atoms with Crippen molar-refractivity contribution >= 4 is 17.3 Å². The van der Waals surface area contributed by atoms with Gasteiger partial charge in [0.2, 0.25) is 0 Å². The van der Waals surface area contributed by atoms with Crippen LogP contribution in [0.1, 0.15) is 46.6 Å². The molecule has 7 heteroatoms. The van der Waals surface area contributed by atoms with E-state index in [2.05, 4.69) is 32.6 Å². The van der Waals surface area contributed by atoms with Gasteiger partial charge in [-0.05, 0) is 36.8 Å². The summed E-state index contributed by atoms with van der Waals surface area (Å²) in [6, 6.07) is 5.31. The first kappa shape index (κ1) is 22.9. The molecular formula is C20H32N2O5. The molecule has 1 N–H and O–H groups in total. The fourth-order valence-corrected chi connectivity index (χ4v) is 2.97. The first-order chi connectivity index (χ1) is 12.6. The molecule has 1 unspecified atom stereocenters. The van der Waals surface area contributed by atoms with Crippen LogP contribution in [0.15, 0.2) is 18.2 Å². The van der Waals surface area contributed by atoms with Crippen LogP contribution in [0.5, 0.6) is 0 Å². The van der Waals surface area contributed by atoms with Crippen molar-refractivity contribution in [1.29, 1.82) is 0 Å². The van der Waals surface area contributed by atoms with Crippen LogP contribution in [0, 0.1) is 22.0 Å². The van der Waals surface area contributed by atoms with Crippen molar-refractivity contribution in [3.05, 3.63) is 33.9 Å². The summed E-state index contributed by atoms with van der Waals surface area (Å²) in [6.45, 7) is 11.9. The lowest BCUT2D eigenvalue weighted by molar-refractivity contribution is -0.384. The van der Waals surface area contributed by atoms with E-state index in [1.165, 1.54) is 0 Å². The summed E-state index contributed by atoms with van der Waals surface area (Å²) in [5.74, 6) is -0.114. The maximum absolute atomic E-state index is 11.6. The molecule has 0 aromatic heterocycles. The monoisotopic (exact) mass is 380 g/mol. The molecule has 0 fully saturated rings. The number of rotatable bonds is 12. The molecule has 0 heterocycles. The van der Waals surface area contributed by atoms with Crippen LogP contribution in [-0.4, -0.2) is 41.8 Å². The zero-order chi connectivity index (χ0) is 20.6. The second-order valence-electron chi connectivity index (χ2n) is 7.80. The molecule has 7 nitrogen and oxygen atoms in total. The Bertz CT molecular complexity index is 621. The first-order valence-corrected chi connectivity index (χ1v) is 9.45. The highest BCUT2D eigenvalue weighted by atomic mass is 16.6. The van der Waals surface area contributed by atoms with Crippen molar-refractivity contribution < 1.29 is 19.6 Å². The molecule has 1 aromatic carbocycles. The molecule has 152 valence electrons. The van der Waals surface area contributed by atoms with E-state index >= 15 is 0 Å². The Morgan fingerprint density at radius 3 is 2.26 bits per heavy atom. The topological polar surface area (TPSA) is 92.9 Å². The third-order valence-corrected chi connectivity index (χ3v) is 4.00. The number of nitro groups is 1. The van der Waals surface area contributed by atoms with Crippen molar-refractivity contribution in [1.82, 2.24) is 0 Å². The average Bonchev–Trinajstić information content (AvgIpc) is 2.52. The highest BCUT2D eigenvalue weighted by Gasteiger charge is 2.21. The predicted molar refractivity (Wildman–Crippen MR) is 106 cm³/mol. The minimum atomic E-state index is -0.905. The van der Waals surface area contributed by atoms with Gasteiger partial charge in [0.15, 0.2) is 0 Å². The molecule has 0 aliphatic rings. The van der Waals surface area contributed by atoms with Crippen LogP contribution in [-0.2, 0) is 16.0 Å². The van der Waals surface area contributed by atoms with Gasteiger partial charge in [0.1, 0.15) is 5.69 Å². The molecule has 0 aliphatic heterocycles. The van der Waals surface area contributed by atoms with E-state index in [0.717, 1.165) is 18.7 Å². The van der Waals surface area contributed by atoms with E-state index in [4.69, 9.17) is 9.84 Å². The largest absolute Gasteiger partial charge is 0.481 e. The van der Waals surface area contributed by atoms with E-state index in [0.29, 0.717) is 30.6 Å². The number of hydrogen-bond acceptors (Lipinski definition) is 5. The molecule has 0 amide bonds. The van der Waals surface area contributed by atoms with Crippen LogP contribution in [0.3, 0.4) is 0 Å². The molecule has 0 saturated heterocycles. The second kappa shape index (κ2) is 10.9. The summed E-state index contributed by atoms with van der Waals surface area (Å²) in [5.41, 5.74) is 1.56. The molecule has 0 saturated carbocycles. The fourth-order valence-electron chi connectivity index (χ4n) is 2.97. The number of anilines is 1. The summed E-state index contributed by atoms with van der Waals surface area (Å²) in [6.07, 6.45) is 0.0575. The molecule has 0 radical (unpaired) electrons. The summed E-state index contributed by atoms with van der Waals surface area (Å²) in [4.78, 5) is 24.0. The minimum absolute atomic E-state index is 0.0571. The molecule has 0 aliphatic carbocycles. The second-order valence-corrected chi connectivity index (χ2v) is 7.80. The Hall–Kier alpha value is -2.15. The van der Waals surface area contributed by atoms with Crippen molar-refractivity contribution in [3.8, 4) is 0 Å². The number of ether oxygens (including phenoxy) is 1. The summed E-state index contributed by atoms with van der Waals surface area (Å²) >= 11 is 0. The van der Waals surface area contributed by atoms with Gasteiger partial charge in [0.25, 0.3) is 5.69 Å². The number of carboxylic acids is 1. The van der Waals surface area contributed by atoms with Gasteiger partial charge in [-0.25, -0.2) is 0 Å². The maximum atomic E-state index is 11.6. The number of benzene rings is 1. The number of aliphatic carboxylic acids is 1. The van der Waals surface area contributed by atoms with E-state index < -0.39 is 5.97 Å². The number of nitrogens with zero attached hydrogens (tertiary/aromatic N) is 2. The summed E-state index contributed by atoms with van der Waals surface area (Å²) < 4.78 is 5.48. The van der Waals surface area contributed by atoms with Gasteiger partial charge in [-0.1, -0.05) is 33.8 Å². The molecule has 0 bridgehead atoms. The van der Waals surface area contributed by atoms with Crippen molar-refractivity contribution in [2.45, 2.75) is 53.6 Å². The van der Waals surface area contributed by atoms with Gasteiger partial charge < -0.3 is 14.7 Å². The van der Waals surface area contributed by atoms with Crippen LogP contribution in [0.25, 0.3) is 0 Å². The van der Waals surface area contributed by atoms with Crippen molar-refractivity contribution in [2.75, 3.05) is 24.6 Å². The zero-order valence-corrected chi connectivity index (χ0v) is 17.0. The zero-order valence-electron chi connectivity index (χ0n) is 17.0. The molecule has 1 rings (SSSR count). The van der Waals surface area contributed by atoms with Gasteiger partial charge in [-0.3, -0.25) is 14.9 Å². The molecule has 0 spiro atoms. The Kier molecular flexibility index (Phi) is 9.21. The van der Waals surface area contributed by atoms with E-state index in [1.54, 1.807) is 13.0 Å². The van der Waals surface area contributed by atoms with Crippen LogP contribution in [0.2, 0.25) is 0 Å². The smallest absolute Gasteiger partial charge is 0.305 e. The van der Waals surface area contributed by atoms with E-state index in [1.807, 2.05) is 12.1 Å². The number of nitro benzene ring substituents is 1. The van der Waals surface area contributed by atoms with Gasteiger partial charge in [0, 0.05) is 19.2 Å². The van der Waals surface area contributed by atoms with Crippen molar-refractivity contribution in [2.24, 2.45) is 11.8 Å². The van der Waals surface area contributed by atoms with Gasteiger partial charge in [-0.2, -0.15) is 0 Å². The fraction of sp³-hybridized carbons (Fsp3) is 0.650. The van der Waals surface area contributed by atoms with E-state index in [-0.39, 0.29) is 23.1 Å². The quantitative estimate of drug-likeness (QED) is 0.433. The van der Waals surface area contributed by atoms with Gasteiger partial charge >= 0.3 is 5.97 Å². The predicted octanol–water partition coefficient (Wildman–Crippen LogP) is 4.14. The molecule has 1 atom stereocenters.